The second-order valence-corrected chi connectivity index (χ2v) is 9.07. The van der Waals surface area contributed by atoms with Gasteiger partial charge in [0.15, 0.2) is 9.84 Å². The summed E-state index contributed by atoms with van der Waals surface area (Å²) in [6.07, 6.45) is 1.19. The molecule has 2 atom stereocenters. The Kier molecular flexibility index (Phi) is 6.30. The third-order valence-electron chi connectivity index (χ3n) is 4.64. The lowest BCUT2D eigenvalue weighted by atomic mass is 9.89. The summed E-state index contributed by atoms with van der Waals surface area (Å²) >= 11 is 3.33. The minimum atomic E-state index is -3.18. The lowest BCUT2D eigenvalue weighted by Gasteiger charge is -2.34. The van der Waals surface area contributed by atoms with Gasteiger partial charge in [-0.05, 0) is 62.2 Å². The van der Waals surface area contributed by atoms with Crippen LogP contribution in [0.3, 0.4) is 0 Å². The van der Waals surface area contributed by atoms with Gasteiger partial charge in [-0.15, -0.1) is 12.4 Å². The van der Waals surface area contributed by atoms with Gasteiger partial charge in [-0.3, -0.25) is 0 Å². The number of nitrogens with one attached hydrogen (secondary N) is 1. The molecule has 0 aromatic heterocycles. The molecule has 2 heterocycles. The fourth-order valence-electron chi connectivity index (χ4n) is 3.32. The van der Waals surface area contributed by atoms with Gasteiger partial charge in [0.05, 0.1) is 10.6 Å². The maximum absolute atomic E-state index is 12.4. The van der Waals surface area contributed by atoms with Crippen LogP contribution in [0, 0.1) is 11.8 Å². The zero-order chi connectivity index (χ0) is 14.9. The van der Waals surface area contributed by atoms with E-state index in [9.17, 15) is 8.42 Å². The third kappa shape index (κ3) is 4.23. The molecule has 2 unspecified atom stereocenters. The molecule has 1 aromatic rings. The largest absolute Gasteiger partial charge is 0.316 e. The summed E-state index contributed by atoms with van der Waals surface area (Å²) < 4.78 is 25.6. The fourth-order valence-corrected chi connectivity index (χ4v) is 4.87. The Morgan fingerprint density at radius 2 is 1.86 bits per heavy atom. The monoisotopic (exact) mass is 408 g/mol. The van der Waals surface area contributed by atoms with Crippen LogP contribution >= 0.6 is 28.3 Å². The van der Waals surface area contributed by atoms with Crippen LogP contribution < -0.4 is 5.32 Å². The van der Waals surface area contributed by atoms with Gasteiger partial charge in [0.1, 0.15) is 0 Å². The van der Waals surface area contributed by atoms with Crippen molar-refractivity contribution in [1.82, 2.24) is 10.2 Å². The minimum absolute atomic E-state index is 0. The highest BCUT2D eigenvalue weighted by atomic mass is 79.9. The van der Waals surface area contributed by atoms with E-state index in [2.05, 4.69) is 26.1 Å². The number of sulfone groups is 1. The first-order valence-corrected chi connectivity index (χ1v) is 9.90. The van der Waals surface area contributed by atoms with Crippen molar-refractivity contribution < 1.29 is 8.42 Å². The molecule has 124 valence electrons. The smallest absolute Gasteiger partial charge is 0.179 e. The molecular formula is C15H22BrClN2O2S. The first-order chi connectivity index (χ1) is 10.0. The molecular weight excluding hydrogens is 388 g/mol. The van der Waals surface area contributed by atoms with Crippen molar-refractivity contribution >= 4 is 38.2 Å². The van der Waals surface area contributed by atoms with Gasteiger partial charge in [-0.25, -0.2) is 8.42 Å². The van der Waals surface area contributed by atoms with E-state index < -0.39 is 9.84 Å². The van der Waals surface area contributed by atoms with Crippen LogP contribution in [-0.2, 0) is 9.84 Å². The number of nitrogens with zero attached hydrogens (tertiary/aromatic N) is 1. The predicted octanol–water partition coefficient (Wildman–Crippen LogP) is 2.19. The quantitative estimate of drug-likeness (QED) is 0.828. The highest BCUT2D eigenvalue weighted by Crippen LogP contribution is 2.26. The lowest BCUT2D eigenvalue weighted by molar-refractivity contribution is 0.156. The summed E-state index contributed by atoms with van der Waals surface area (Å²) in [6, 6.07) is 6.91. The summed E-state index contributed by atoms with van der Waals surface area (Å²) in [4.78, 5) is 2.73. The Hall–Kier alpha value is -0.140. The highest BCUT2D eigenvalue weighted by molar-refractivity contribution is 9.10. The van der Waals surface area contributed by atoms with E-state index in [0.717, 1.165) is 36.6 Å². The topological polar surface area (TPSA) is 49.4 Å². The molecule has 0 spiro atoms. The SMILES string of the molecule is Cl.O=S(=O)(CCN1CCC2CNCC2C1)c1ccc(Br)cc1. The molecule has 2 aliphatic heterocycles. The normalized spacial score (nSPS) is 25.5. The van der Waals surface area contributed by atoms with Crippen molar-refractivity contribution in [3.05, 3.63) is 28.7 Å². The standard InChI is InChI=1S/C15H21BrN2O2S.ClH/c16-14-1-3-15(4-2-14)21(19,20)8-7-18-6-5-12-9-17-10-13(12)11-18;/h1-4,12-13,17H,5-11H2;1H. The van der Waals surface area contributed by atoms with E-state index >= 15 is 0 Å². The summed E-state index contributed by atoms with van der Waals surface area (Å²) in [5.74, 6) is 1.71. The number of likely N-dealkylation sites (tertiary alicyclic amines) is 1. The number of fused-ring (bicyclic) bond motifs is 1. The van der Waals surface area contributed by atoms with Gasteiger partial charge in [0.25, 0.3) is 0 Å². The molecule has 3 rings (SSSR count). The highest BCUT2D eigenvalue weighted by Gasteiger charge is 2.32. The van der Waals surface area contributed by atoms with E-state index in [1.807, 2.05) is 0 Å². The Labute approximate surface area is 147 Å². The molecule has 1 aromatic carbocycles. The number of hydrogen-bond donors (Lipinski definition) is 1. The van der Waals surface area contributed by atoms with Crippen LogP contribution in [-0.4, -0.2) is 51.8 Å². The van der Waals surface area contributed by atoms with Gasteiger partial charge < -0.3 is 10.2 Å². The number of halogens is 2. The van der Waals surface area contributed by atoms with E-state index in [0.29, 0.717) is 17.4 Å². The average molecular weight is 410 g/mol. The van der Waals surface area contributed by atoms with Crippen molar-refractivity contribution in [2.45, 2.75) is 11.3 Å². The van der Waals surface area contributed by atoms with Crippen LogP contribution in [0.5, 0.6) is 0 Å². The summed E-state index contributed by atoms with van der Waals surface area (Å²) in [5, 5.41) is 3.44. The first-order valence-electron chi connectivity index (χ1n) is 7.46. The van der Waals surface area contributed by atoms with Crippen LogP contribution in [0.15, 0.2) is 33.6 Å². The second kappa shape index (κ2) is 7.62. The molecule has 0 radical (unpaired) electrons. The van der Waals surface area contributed by atoms with E-state index in [1.54, 1.807) is 24.3 Å². The van der Waals surface area contributed by atoms with Crippen molar-refractivity contribution in [3.63, 3.8) is 0 Å². The molecule has 1 N–H and O–H groups in total. The molecule has 2 saturated heterocycles. The van der Waals surface area contributed by atoms with Crippen molar-refractivity contribution in [2.24, 2.45) is 11.8 Å². The first kappa shape index (κ1) is 18.2. The van der Waals surface area contributed by atoms with E-state index in [1.165, 1.54) is 6.42 Å². The Balaban J connectivity index is 0.00000176. The van der Waals surface area contributed by atoms with Crippen molar-refractivity contribution in [3.8, 4) is 0 Å². The molecule has 2 fully saturated rings. The maximum Gasteiger partial charge on any atom is 0.179 e. The minimum Gasteiger partial charge on any atom is -0.316 e. The number of hydrogen-bond acceptors (Lipinski definition) is 4. The van der Waals surface area contributed by atoms with Crippen LogP contribution in [0.25, 0.3) is 0 Å². The summed E-state index contributed by atoms with van der Waals surface area (Å²) in [6.45, 7) is 4.92. The molecule has 22 heavy (non-hydrogen) atoms. The Bertz CT molecular complexity index is 594. The molecule has 7 heteroatoms. The molecule has 0 amide bonds. The van der Waals surface area contributed by atoms with Crippen LogP contribution in [0.4, 0.5) is 0 Å². The molecule has 4 nitrogen and oxygen atoms in total. The lowest BCUT2D eigenvalue weighted by Crippen LogP contribution is -2.42. The maximum atomic E-state index is 12.4. The Morgan fingerprint density at radius 3 is 2.59 bits per heavy atom. The molecule has 0 bridgehead atoms. The van der Waals surface area contributed by atoms with Gasteiger partial charge >= 0.3 is 0 Å². The van der Waals surface area contributed by atoms with Gasteiger partial charge in [-0.2, -0.15) is 0 Å². The van der Waals surface area contributed by atoms with Crippen molar-refractivity contribution in [1.29, 1.82) is 0 Å². The van der Waals surface area contributed by atoms with E-state index in [-0.39, 0.29) is 18.2 Å². The molecule has 2 aliphatic rings. The number of piperidine rings is 1. The fraction of sp³-hybridized carbons (Fsp3) is 0.600. The van der Waals surface area contributed by atoms with Crippen LogP contribution in [0.2, 0.25) is 0 Å². The third-order valence-corrected chi connectivity index (χ3v) is 6.88. The number of benzene rings is 1. The second-order valence-electron chi connectivity index (χ2n) is 6.04. The van der Waals surface area contributed by atoms with Crippen molar-refractivity contribution in [2.75, 3.05) is 38.5 Å². The summed E-state index contributed by atoms with van der Waals surface area (Å²) in [5.41, 5.74) is 0. The Morgan fingerprint density at radius 1 is 1.18 bits per heavy atom. The van der Waals surface area contributed by atoms with Crippen LogP contribution in [0.1, 0.15) is 6.42 Å². The van der Waals surface area contributed by atoms with Gasteiger partial charge in [-0.1, -0.05) is 15.9 Å². The van der Waals surface area contributed by atoms with Gasteiger partial charge in [0.2, 0.25) is 0 Å². The molecule has 0 aliphatic carbocycles. The molecule has 0 saturated carbocycles. The predicted molar refractivity (Wildman–Crippen MR) is 94.3 cm³/mol. The number of rotatable bonds is 4. The zero-order valence-electron chi connectivity index (χ0n) is 12.4. The zero-order valence-corrected chi connectivity index (χ0v) is 15.6. The summed E-state index contributed by atoms with van der Waals surface area (Å²) in [7, 11) is -3.18. The average Bonchev–Trinajstić information content (AvgIpc) is 2.93. The van der Waals surface area contributed by atoms with E-state index in [4.69, 9.17) is 0 Å². The van der Waals surface area contributed by atoms with Gasteiger partial charge in [0, 0.05) is 17.6 Å².